The Bertz CT molecular complexity index is 1420. The van der Waals surface area contributed by atoms with Gasteiger partial charge in [0.2, 0.25) is 5.91 Å². The molecule has 0 bridgehead atoms. The summed E-state index contributed by atoms with van der Waals surface area (Å²) in [5.41, 5.74) is 0.928. The Labute approximate surface area is 251 Å². The molecule has 18 heteroatoms. The van der Waals surface area contributed by atoms with Crippen molar-refractivity contribution in [2.45, 2.75) is 30.3 Å². The number of amides is 2. The van der Waals surface area contributed by atoms with Crippen LogP contribution in [0.3, 0.4) is 0 Å². The number of rotatable bonds is 14. The molecule has 1 unspecified atom stereocenters. The molecule has 44 heavy (non-hydrogen) atoms. The normalized spacial score (nSPS) is 15.2. The Kier molecular flexibility index (Phi) is 11.8. The Morgan fingerprint density at radius 2 is 1.75 bits per heavy atom. The third kappa shape index (κ3) is 8.93. The molecule has 0 aromatic heterocycles. The molecule has 6 N–H and O–H groups in total. The molecule has 0 aliphatic carbocycles. The van der Waals surface area contributed by atoms with Crippen LogP contribution in [0.15, 0.2) is 42.5 Å². The summed E-state index contributed by atoms with van der Waals surface area (Å²) >= 11 is 0. The van der Waals surface area contributed by atoms with Crippen molar-refractivity contribution < 1.29 is 66.8 Å². The van der Waals surface area contributed by atoms with Crippen LogP contribution in [-0.4, -0.2) is 92.4 Å². The Balaban J connectivity index is 1.36. The van der Waals surface area contributed by atoms with Crippen LogP contribution in [0, 0.1) is 5.82 Å². The molecule has 242 valence electrons. The van der Waals surface area contributed by atoms with Gasteiger partial charge in [0.1, 0.15) is 23.9 Å². The lowest BCUT2D eigenvalue weighted by atomic mass is 9.89. The fourth-order valence-electron chi connectivity index (χ4n) is 4.11. The fraction of sp³-hybridized carbons (Fsp3) is 0.423. The van der Waals surface area contributed by atoms with Gasteiger partial charge in [-0.15, -0.1) is 0 Å². The number of carbonyl (C=O) groups excluding carboxylic acids is 3. The van der Waals surface area contributed by atoms with E-state index in [-0.39, 0.29) is 63.0 Å². The van der Waals surface area contributed by atoms with Gasteiger partial charge in [-0.2, -0.15) is 0 Å². The van der Waals surface area contributed by atoms with E-state index in [2.05, 4.69) is 5.32 Å². The highest BCUT2D eigenvalue weighted by molar-refractivity contribution is 7.72. The van der Waals surface area contributed by atoms with E-state index in [0.29, 0.717) is 11.1 Å². The lowest BCUT2D eigenvalue weighted by Gasteiger charge is -2.29. The molecule has 0 fully saturated rings. The fourth-order valence-corrected chi connectivity index (χ4v) is 6.37. The van der Waals surface area contributed by atoms with Gasteiger partial charge in [0.25, 0.3) is 5.08 Å². The van der Waals surface area contributed by atoms with Crippen molar-refractivity contribution in [2.75, 3.05) is 40.0 Å². The van der Waals surface area contributed by atoms with Crippen molar-refractivity contribution in [1.82, 2.24) is 10.2 Å². The predicted molar refractivity (Wildman–Crippen MR) is 151 cm³/mol. The molecule has 1 aliphatic heterocycles. The number of fused-ring (bicyclic) bond motifs is 1. The lowest BCUT2D eigenvalue weighted by molar-refractivity contribution is -0.122. The number of hydrogen-bond acceptors (Lipinski definition) is 9. The van der Waals surface area contributed by atoms with Gasteiger partial charge in [-0.1, -0.05) is 12.1 Å². The van der Waals surface area contributed by atoms with E-state index in [1.807, 2.05) is 0 Å². The maximum absolute atomic E-state index is 13.2. The lowest BCUT2D eigenvalue weighted by Crippen LogP contribution is -2.33. The molecule has 1 aliphatic rings. The third-order valence-corrected chi connectivity index (χ3v) is 10.6. The molecule has 2 aromatic carbocycles. The maximum atomic E-state index is 13.2. The van der Waals surface area contributed by atoms with Crippen LogP contribution in [-0.2, 0) is 18.7 Å². The van der Waals surface area contributed by atoms with E-state index >= 15 is 0 Å². The van der Waals surface area contributed by atoms with Crippen LogP contribution >= 0.6 is 15.2 Å². The summed E-state index contributed by atoms with van der Waals surface area (Å²) in [5.74, 6) is -1.33. The Hall–Kier alpha value is -3.20. The first-order chi connectivity index (χ1) is 20.5. The Morgan fingerprint density at radius 1 is 1.09 bits per heavy atom. The molecule has 2 amide bonds. The molecule has 3 rings (SSSR count). The van der Waals surface area contributed by atoms with E-state index < -0.39 is 50.4 Å². The standard InChI is InChI=1S/C26H33FN2O13P2/c1-29(12-14-40-13-9-23(30)28-11-2-10-26(33,43(34,35)36)44(37,38)39)25(32)42-19-7-8-20-22(15-19)41-16-21(24(20)31)17-3-5-18(27)6-4-17/h3-8,15,21,33H,2,9-14,16H2,1H3,(H,28,30)(H2,34,35,36)(H2,37,38,39). The van der Waals surface area contributed by atoms with E-state index in [9.17, 15) is 33.0 Å². The number of halogens is 1. The quantitative estimate of drug-likeness (QED) is 0.126. The smallest absolute Gasteiger partial charge is 0.415 e. The highest BCUT2D eigenvalue weighted by Crippen LogP contribution is 2.69. The van der Waals surface area contributed by atoms with Crippen LogP contribution < -0.4 is 14.8 Å². The molecule has 1 atom stereocenters. The summed E-state index contributed by atoms with van der Waals surface area (Å²) in [7, 11) is -9.66. The van der Waals surface area contributed by atoms with Crippen molar-refractivity contribution >= 4 is 33.0 Å². The van der Waals surface area contributed by atoms with Crippen LogP contribution in [0.5, 0.6) is 11.5 Å². The highest BCUT2D eigenvalue weighted by Gasteiger charge is 2.58. The van der Waals surface area contributed by atoms with Gasteiger partial charge >= 0.3 is 21.3 Å². The highest BCUT2D eigenvalue weighted by atomic mass is 31.2. The summed E-state index contributed by atoms with van der Waals surface area (Å²) in [4.78, 5) is 74.9. The van der Waals surface area contributed by atoms with Crippen molar-refractivity contribution in [1.29, 1.82) is 0 Å². The number of aliphatic hydroxyl groups is 1. The van der Waals surface area contributed by atoms with Gasteiger partial charge in [-0.05, 0) is 36.2 Å². The number of nitrogens with zero attached hydrogens (tertiary/aromatic N) is 1. The van der Waals surface area contributed by atoms with Crippen LogP contribution in [0.4, 0.5) is 9.18 Å². The number of Topliss-reactive ketones (excluding diaryl/α,β-unsaturated/α-hetero) is 1. The number of benzene rings is 2. The minimum atomic E-state index is -5.56. The van der Waals surface area contributed by atoms with Crippen molar-refractivity contribution in [3.05, 3.63) is 59.4 Å². The van der Waals surface area contributed by atoms with Crippen LogP contribution in [0.1, 0.15) is 41.1 Å². The van der Waals surface area contributed by atoms with Gasteiger partial charge < -0.3 is 49.1 Å². The summed E-state index contributed by atoms with van der Waals surface area (Å²) in [6, 6.07) is 9.96. The minimum Gasteiger partial charge on any atom is -0.492 e. The van der Waals surface area contributed by atoms with Gasteiger partial charge in [0.15, 0.2) is 5.78 Å². The first kappa shape index (κ1) is 35.3. The number of likely N-dealkylation sites (N-methyl/N-ethyl adjacent to an activating group) is 1. The zero-order valence-corrected chi connectivity index (χ0v) is 25.3. The Morgan fingerprint density at radius 3 is 2.39 bits per heavy atom. The average Bonchev–Trinajstić information content (AvgIpc) is 2.94. The minimum absolute atomic E-state index is 0.0424. The van der Waals surface area contributed by atoms with E-state index in [1.54, 1.807) is 0 Å². The van der Waals surface area contributed by atoms with Crippen molar-refractivity contribution in [2.24, 2.45) is 0 Å². The molecule has 0 saturated heterocycles. The monoisotopic (exact) mass is 662 g/mol. The van der Waals surface area contributed by atoms with E-state index in [4.69, 9.17) is 33.8 Å². The third-order valence-electron chi connectivity index (χ3n) is 6.72. The maximum Gasteiger partial charge on any atom is 0.415 e. The number of carbonyl (C=O) groups is 3. The molecule has 1 heterocycles. The molecule has 15 nitrogen and oxygen atoms in total. The molecular formula is C26H33FN2O13P2. The summed E-state index contributed by atoms with van der Waals surface area (Å²) in [6.45, 7) is -0.0714. The predicted octanol–water partition coefficient (Wildman–Crippen LogP) is 1.92. The molecular weight excluding hydrogens is 629 g/mol. The largest absolute Gasteiger partial charge is 0.492 e. The van der Waals surface area contributed by atoms with Gasteiger partial charge in [-0.25, -0.2) is 9.18 Å². The van der Waals surface area contributed by atoms with Crippen molar-refractivity contribution in [3.8, 4) is 11.5 Å². The topological polar surface area (TPSA) is 229 Å². The SMILES string of the molecule is CN(CCOCCC(=O)NCCCC(O)(P(=O)(O)O)P(=O)(O)O)C(=O)Oc1ccc2c(c1)OCC(c1ccc(F)cc1)C2=O. The zero-order chi connectivity index (χ0) is 32.7. The number of ketones is 1. The van der Waals surface area contributed by atoms with E-state index in [0.717, 1.165) is 0 Å². The molecule has 0 radical (unpaired) electrons. The molecule has 2 aromatic rings. The van der Waals surface area contributed by atoms with Crippen molar-refractivity contribution in [3.63, 3.8) is 0 Å². The summed E-state index contributed by atoms with van der Waals surface area (Å²) in [6.07, 6.45) is -2.11. The van der Waals surface area contributed by atoms with E-state index in [1.165, 1.54) is 54.4 Å². The first-order valence-electron chi connectivity index (χ1n) is 13.2. The van der Waals surface area contributed by atoms with Gasteiger partial charge in [-0.3, -0.25) is 18.7 Å². The number of ether oxygens (including phenoxy) is 3. The number of nitrogens with one attached hydrogen (secondary N) is 1. The summed E-state index contributed by atoms with van der Waals surface area (Å²) in [5, 5.41) is 8.64. The van der Waals surface area contributed by atoms with Crippen LogP contribution in [0.2, 0.25) is 0 Å². The second kappa shape index (κ2) is 14.7. The summed E-state index contributed by atoms with van der Waals surface area (Å²) < 4.78 is 52.3. The second-order valence-electron chi connectivity index (χ2n) is 9.91. The second-order valence-corrected chi connectivity index (χ2v) is 13.9. The molecule has 0 spiro atoms. The first-order valence-corrected chi connectivity index (χ1v) is 16.4. The van der Waals surface area contributed by atoms with Gasteiger partial charge in [0, 0.05) is 39.0 Å². The zero-order valence-electron chi connectivity index (χ0n) is 23.5. The number of hydrogen-bond donors (Lipinski definition) is 6. The molecule has 0 saturated carbocycles. The van der Waals surface area contributed by atoms with Crippen LogP contribution in [0.25, 0.3) is 0 Å². The average molecular weight is 662 g/mol. The van der Waals surface area contributed by atoms with Gasteiger partial charge in [0.05, 0.1) is 24.7 Å².